The third kappa shape index (κ3) is 5.95. The van der Waals surface area contributed by atoms with Crippen LogP contribution in [0.4, 0.5) is 5.69 Å². The van der Waals surface area contributed by atoms with E-state index in [1.165, 1.54) is 0 Å². The minimum atomic E-state index is -0.485. The number of ether oxygens (including phenoxy) is 1. The molecule has 144 valence electrons. The lowest BCUT2D eigenvalue weighted by atomic mass is 10.1. The number of hydrogen-bond acceptors (Lipinski definition) is 6. The first-order chi connectivity index (χ1) is 12.9. The van der Waals surface area contributed by atoms with E-state index in [2.05, 4.69) is 15.8 Å². The van der Waals surface area contributed by atoms with Crippen molar-refractivity contribution in [2.45, 2.75) is 33.6 Å². The number of benzene rings is 1. The van der Waals surface area contributed by atoms with Crippen LogP contribution >= 0.6 is 0 Å². The third-order valence-electron chi connectivity index (χ3n) is 3.87. The Bertz CT molecular complexity index is 809. The molecule has 27 heavy (non-hydrogen) atoms. The normalized spacial score (nSPS) is 10.3. The van der Waals surface area contributed by atoms with E-state index in [1.54, 1.807) is 38.1 Å². The first-order valence-electron chi connectivity index (χ1n) is 8.66. The highest BCUT2D eigenvalue weighted by Gasteiger charge is 2.13. The van der Waals surface area contributed by atoms with Crippen LogP contribution in [0.2, 0.25) is 0 Å². The van der Waals surface area contributed by atoms with Crippen LogP contribution in [0, 0.1) is 13.8 Å². The van der Waals surface area contributed by atoms with Crippen molar-refractivity contribution in [2.24, 2.45) is 0 Å². The number of rotatable bonds is 8. The van der Waals surface area contributed by atoms with Gasteiger partial charge in [0.05, 0.1) is 5.69 Å². The Kier molecular flexibility index (Phi) is 7.10. The number of carbonyl (C=O) groups excluding carboxylic acids is 3. The Labute approximate surface area is 157 Å². The van der Waals surface area contributed by atoms with Crippen molar-refractivity contribution in [1.82, 2.24) is 10.5 Å². The summed E-state index contributed by atoms with van der Waals surface area (Å²) < 4.78 is 10.0. The lowest BCUT2D eigenvalue weighted by Crippen LogP contribution is -2.23. The van der Waals surface area contributed by atoms with Gasteiger partial charge in [-0.05, 0) is 45.4 Å². The summed E-state index contributed by atoms with van der Waals surface area (Å²) in [5, 5.41) is 9.11. The van der Waals surface area contributed by atoms with Crippen molar-refractivity contribution in [2.75, 3.05) is 18.5 Å². The Hall–Kier alpha value is -3.16. The van der Waals surface area contributed by atoms with Crippen molar-refractivity contribution in [3.63, 3.8) is 0 Å². The fourth-order valence-corrected chi connectivity index (χ4v) is 2.50. The van der Waals surface area contributed by atoms with Gasteiger partial charge in [-0.25, -0.2) is 0 Å². The molecule has 0 saturated carbocycles. The van der Waals surface area contributed by atoms with Gasteiger partial charge in [0.1, 0.15) is 5.76 Å². The molecule has 0 aliphatic rings. The molecule has 0 fully saturated rings. The van der Waals surface area contributed by atoms with Crippen LogP contribution < -0.4 is 10.6 Å². The topological polar surface area (TPSA) is 111 Å². The molecule has 2 aromatic rings. The van der Waals surface area contributed by atoms with Gasteiger partial charge in [-0.15, -0.1) is 0 Å². The van der Waals surface area contributed by atoms with Gasteiger partial charge in [-0.1, -0.05) is 11.2 Å². The highest BCUT2D eigenvalue weighted by atomic mass is 16.5. The zero-order valence-electron chi connectivity index (χ0n) is 15.6. The van der Waals surface area contributed by atoms with Crippen LogP contribution in [0.25, 0.3) is 0 Å². The van der Waals surface area contributed by atoms with Crippen LogP contribution in [0.15, 0.2) is 28.8 Å². The summed E-state index contributed by atoms with van der Waals surface area (Å²) in [6.45, 7) is 5.53. The maximum Gasteiger partial charge on any atom is 0.306 e. The molecular weight excluding hydrogens is 350 g/mol. The summed E-state index contributed by atoms with van der Waals surface area (Å²) in [5.74, 6) is -0.514. The van der Waals surface area contributed by atoms with E-state index in [4.69, 9.17) is 9.26 Å². The highest BCUT2D eigenvalue weighted by molar-refractivity contribution is 5.97. The summed E-state index contributed by atoms with van der Waals surface area (Å²) in [4.78, 5) is 35.6. The van der Waals surface area contributed by atoms with E-state index >= 15 is 0 Å². The third-order valence-corrected chi connectivity index (χ3v) is 3.87. The molecule has 0 bridgehead atoms. The molecule has 0 radical (unpaired) electrons. The van der Waals surface area contributed by atoms with E-state index in [0.717, 1.165) is 11.3 Å². The van der Waals surface area contributed by atoms with Crippen molar-refractivity contribution in [3.05, 3.63) is 46.8 Å². The van der Waals surface area contributed by atoms with E-state index in [0.29, 0.717) is 30.0 Å². The fourth-order valence-electron chi connectivity index (χ4n) is 2.50. The van der Waals surface area contributed by atoms with Crippen LogP contribution in [-0.4, -0.2) is 36.1 Å². The number of amides is 2. The first kappa shape index (κ1) is 20.2. The average Bonchev–Trinajstić information content (AvgIpc) is 2.96. The predicted octanol–water partition coefficient (Wildman–Crippen LogP) is 2.16. The Morgan fingerprint density at radius 3 is 2.67 bits per heavy atom. The van der Waals surface area contributed by atoms with E-state index in [1.807, 2.05) is 6.92 Å². The maximum atomic E-state index is 12.0. The number of esters is 1. The number of nitrogens with one attached hydrogen (secondary N) is 2. The molecule has 2 amide bonds. The molecule has 1 aromatic heterocycles. The van der Waals surface area contributed by atoms with Crippen molar-refractivity contribution in [1.29, 1.82) is 0 Å². The molecule has 8 nitrogen and oxygen atoms in total. The monoisotopic (exact) mass is 373 g/mol. The molecule has 0 aliphatic carbocycles. The van der Waals surface area contributed by atoms with Crippen molar-refractivity contribution >= 4 is 23.5 Å². The summed E-state index contributed by atoms with van der Waals surface area (Å²) in [6.07, 6.45) is 0.569. The number of aromatic nitrogens is 1. The molecule has 0 spiro atoms. The molecule has 0 aliphatic heterocycles. The van der Waals surface area contributed by atoms with Crippen LogP contribution in [-0.2, 0) is 20.7 Å². The Morgan fingerprint density at radius 2 is 2.00 bits per heavy atom. The lowest BCUT2D eigenvalue weighted by Gasteiger charge is -2.08. The molecule has 0 saturated heterocycles. The number of nitrogens with zero attached hydrogens (tertiary/aromatic N) is 1. The second kappa shape index (κ2) is 9.51. The maximum absolute atomic E-state index is 12.0. The van der Waals surface area contributed by atoms with Gasteiger partial charge < -0.3 is 19.9 Å². The molecular formula is C19H23N3O5. The number of anilines is 1. The van der Waals surface area contributed by atoms with Gasteiger partial charge >= 0.3 is 5.97 Å². The van der Waals surface area contributed by atoms with E-state index in [-0.39, 0.29) is 12.3 Å². The predicted molar refractivity (Wildman–Crippen MR) is 98.3 cm³/mol. The van der Waals surface area contributed by atoms with Gasteiger partial charge in [0.15, 0.2) is 6.61 Å². The van der Waals surface area contributed by atoms with Gasteiger partial charge in [-0.3, -0.25) is 14.4 Å². The molecule has 2 N–H and O–H groups in total. The summed E-state index contributed by atoms with van der Waals surface area (Å²) in [7, 11) is 0. The largest absolute Gasteiger partial charge is 0.456 e. The zero-order valence-corrected chi connectivity index (χ0v) is 15.6. The standard InChI is InChI=1S/C19H23N3O5/c1-4-20-19(25)14-6-5-7-15(10-14)21-17(23)11-26-18(24)9-8-16-12(2)22-27-13(16)3/h5-7,10H,4,8-9,11H2,1-3H3,(H,20,25)(H,21,23). The number of hydrogen-bond donors (Lipinski definition) is 2. The summed E-state index contributed by atoms with van der Waals surface area (Å²) in [5.41, 5.74) is 2.50. The SMILES string of the molecule is CCNC(=O)c1cccc(NC(=O)COC(=O)CCc2c(C)noc2C)c1. The van der Waals surface area contributed by atoms with Gasteiger partial charge in [0.25, 0.3) is 11.8 Å². The molecule has 1 aromatic carbocycles. The Balaban J connectivity index is 1.79. The van der Waals surface area contributed by atoms with E-state index < -0.39 is 18.5 Å². The quantitative estimate of drug-likeness (QED) is 0.686. The van der Waals surface area contributed by atoms with E-state index in [9.17, 15) is 14.4 Å². The van der Waals surface area contributed by atoms with Crippen molar-refractivity contribution < 1.29 is 23.6 Å². The smallest absolute Gasteiger partial charge is 0.306 e. The number of aryl methyl sites for hydroxylation is 2. The highest BCUT2D eigenvalue weighted by Crippen LogP contribution is 2.14. The van der Waals surface area contributed by atoms with Crippen LogP contribution in [0.3, 0.4) is 0 Å². The first-order valence-corrected chi connectivity index (χ1v) is 8.66. The van der Waals surface area contributed by atoms with Gasteiger partial charge in [-0.2, -0.15) is 0 Å². The van der Waals surface area contributed by atoms with Crippen LogP contribution in [0.5, 0.6) is 0 Å². The summed E-state index contributed by atoms with van der Waals surface area (Å²) >= 11 is 0. The Morgan fingerprint density at radius 1 is 1.22 bits per heavy atom. The zero-order chi connectivity index (χ0) is 19.8. The minimum Gasteiger partial charge on any atom is -0.456 e. The second-order valence-electron chi connectivity index (χ2n) is 5.95. The van der Waals surface area contributed by atoms with Gasteiger partial charge in [0.2, 0.25) is 0 Å². The van der Waals surface area contributed by atoms with Crippen molar-refractivity contribution in [3.8, 4) is 0 Å². The molecule has 0 unspecified atom stereocenters. The fraction of sp³-hybridized carbons (Fsp3) is 0.368. The molecule has 1 heterocycles. The average molecular weight is 373 g/mol. The number of carbonyl (C=O) groups is 3. The van der Waals surface area contributed by atoms with Gasteiger partial charge in [0, 0.05) is 29.8 Å². The summed E-state index contributed by atoms with van der Waals surface area (Å²) in [6, 6.07) is 6.52. The minimum absolute atomic E-state index is 0.128. The second-order valence-corrected chi connectivity index (χ2v) is 5.95. The molecule has 2 rings (SSSR count). The lowest BCUT2D eigenvalue weighted by molar-refractivity contribution is -0.147. The van der Waals surface area contributed by atoms with Crippen LogP contribution in [0.1, 0.15) is 40.7 Å². The molecule has 0 atom stereocenters. The molecule has 8 heteroatoms.